The molecule has 1 heterocycles. The molecule has 2 aromatic rings. The van der Waals surface area contributed by atoms with Crippen molar-refractivity contribution in [3.63, 3.8) is 0 Å². The summed E-state index contributed by atoms with van der Waals surface area (Å²) in [6.45, 7) is 3.98. The van der Waals surface area contributed by atoms with Gasteiger partial charge in [0.05, 0.1) is 4.90 Å². The Labute approximate surface area is 160 Å². The molecule has 0 spiro atoms. The molecule has 1 saturated carbocycles. The van der Waals surface area contributed by atoms with Crippen LogP contribution in [0.1, 0.15) is 37.3 Å². The minimum Gasteiger partial charge on any atom is -0.309 e. The zero-order valence-electron chi connectivity index (χ0n) is 15.6. The van der Waals surface area contributed by atoms with Crippen molar-refractivity contribution in [2.45, 2.75) is 50.5 Å². The van der Waals surface area contributed by atoms with Crippen molar-refractivity contribution < 1.29 is 13.2 Å². The highest BCUT2D eigenvalue weighted by Gasteiger charge is 2.37. The molecule has 2 aromatic carbocycles. The van der Waals surface area contributed by atoms with Crippen LogP contribution in [0.2, 0.25) is 0 Å². The topological polar surface area (TPSA) is 66.5 Å². The number of carbonyl (C=O) groups is 1. The Morgan fingerprint density at radius 2 is 1.81 bits per heavy atom. The van der Waals surface area contributed by atoms with Gasteiger partial charge in [-0.3, -0.25) is 9.52 Å². The Morgan fingerprint density at radius 3 is 2.44 bits per heavy atom. The highest BCUT2D eigenvalue weighted by atomic mass is 32.2. The van der Waals surface area contributed by atoms with Gasteiger partial charge in [0.2, 0.25) is 5.91 Å². The number of hydrogen-bond donors (Lipinski definition) is 1. The minimum atomic E-state index is -3.67. The third kappa shape index (κ3) is 3.34. The van der Waals surface area contributed by atoms with Crippen LogP contribution in [0.4, 0.5) is 11.4 Å². The Morgan fingerprint density at radius 1 is 1.11 bits per heavy atom. The van der Waals surface area contributed by atoms with Crippen LogP contribution in [0.15, 0.2) is 47.4 Å². The average molecular weight is 385 g/mol. The average Bonchev–Trinajstić information content (AvgIpc) is 2.90. The molecular weight excluding hydrogens is 360 g/mol. The summed E-state index contributed by atoms with van der Waals surface area (Å²) in [5.74, 6) is 0.311. The third-order valence-electron chi connectivity index (χ3n) is 5.57. The SMILES string of the molecule is Cc1ccc(NS(=O)(=O)c2ccc3c(c2)CC(C)N3C(=O)C2CCC2)cc1. The van der Waals surface area contributed by atoms with E-state index in [-0.39, 0.29) is 22.8 Å². The van der Waals surface area contributed by atoms with Crippen LogP contribution in [0, 0.1) is 12.8 Å². The summed E-state index contributed by atoms with van der Waals surface area (Å²) in [7, 11) is -3.67. The normalized spacial score (nSPS) is 19.5. The van der Waals surface area contributed by atoms with E-state index in [1.54, 1.807) is 30.3 Å². The summed E-state index contributed by atoms with van der Waals surface area (Å²) in [4.78, 5) is 14.8. The van der Waals surface area contributed by atoms with Gasteiger partial charge >= 0.3 is 0 Å². The molecule has 4 rings (SSSR count). The summed E-state index contributed by atoms with van der Waals surface area (Å²) >= 11 is 0. The zero-order chi connectivity index (χ0) is 19.2. The molecule has 142 valence electrons. The maximum atomic E-state index is 12.8. The molecule has 27 heavy (non-hydrogen) atoms. The van der Waals surface area contributed by atoms with E-state index in [0.29, 0.717) is 12.1 Å². The highest BCUT2D eigenvalue weighted by molar-refractivity contribution is 7.92. The number of amides is 1. The van der Waals surface area contributed by atoms with Gasteiger partial charge in [-0.2, -0.15) is 0 Å². The first kappa shape index (κ1) is 18.0. The number of nitrogens with zero attached hydrogens (tertiary/aromatic N) is 1. The van der Waals surface area contributed by atoms with Crippen LogP contribution in [-0.2, 0) is 21.2 Å². The van der Waals surface area contributed by atoms with Crippen LogP contribution in [0.25, 0.3) is 0 Å². The van der Waals surface area contributed by atoms with E-state index in [9.17, 15) is 13.2 Å². The summed E-state index contributed by atoms with van der Waals surface area (Å²) in [6, 6.07) is 12.4. The van der Waals surface area contributed by atoms with Crippen LogP contribution in [-0.4, -0.2) is 20.4 Å². The quantitative estimate of drug-likeness (QED) is 0.870. The molecular formula is C21H24N2O3S. The van der Waals surface area contributed by atoms with Crippen molar-refractivity contribution in [3.8, 4) is 0 Å². The molecule has 0 radical (unpaired) electrons. The first-order valence-corrected chi connectivity index (χ1v) is 10.9. The Bertz CT molecular complexity index is 979. The molecule has 1 N–H and O–H groups in total. The number of carbonyl (C=O) groups excluding carboxylic acids is 1. The second kappa shape index (κ2) is 6.68. The smallest absolute Gasteiger partial charge is 0.261 e. The summed E-state index contributed by atoms with van der Waals surface area (Å²) in [5, 5.41) is 0. The lowest BCUT2D eigenvalue weighted by Crippen LogP contribution is -2.42. The standard InChI is InChI=1S/C21H24N2O3S/c1-14-6-8-18(9-7-14)22-27(25,26)19-10-11-20-17(13-19)12-15(2)23(20)21(24)16-4-3-5-16/h6-11,13,15-16,22H,3-5,12H2,1-2H3. The Hall–Kier alpha value is -2.34. The first-order valence-electron chi connectivity index (χ1n) is 9.40. The number of aryl methyl sites for hydroxylation is 1. The molecule has 2 aliphatic rings. The van der Waals surface area contributed by atoms with Gasteiger partial charge in [0, 0.05) is 23.3 Å². The van der Waals surface area contributed by atoms with Crippen molar-refractivity contribution in [1.29, 1.82) is 0 Å². The molecule has 6 heteroatoms. The van der Waals surface area contributed by atoms with E-state index in [1.807, 2.05) is 30.9 Å². The van der Waals surface area contributed by atoms with E-state index in [1.165, 1.54) is 0 Å². The second-order valence-electron chi connectivity index (χ2n) is 7.65. The number of sulfonamides is 1. The largest absolute Gasteiger partial charge is 0.309 e. The van der Waals surface area contributed by atoms with E-state index in [2.05, 4.69) is 4.72 Å². The number of hydrogen-bond acceptors (Lipinski definition) is 3. The first-order chi connectivity index (χ1) is 12.8. The lowest BCUT2D eigenvalue weighted by atomic mass is 9.84. The fraction of sp³-hybridized carbons (Fsp3) is 0.381. The minimum absolute atomic E-state index is 0.0658. The monoisotopic (exact) mass is 384 g/mol. The lowest BCUT2D eigenvalue weighted by molar-refractivity contribution is -0.125. The fourth-order valence-electron chi connectivity index (χ4n) is 3.80. The van der Waals surface area contributed by atoms with Crippen LogP contribution in [0.5, 0.6) is 0 Å². The van der Waals surface area contributed by atoms with Crippen molar-refractivity contribution >= 4 is 27.3 Å². The molecule has 1 aliphatic carbocycles. The van der Waals surface area contributed by atoms with Crippen LogP contribution < -0.4 is 9.62 Å². The lowest BCUT2D eigenvalue weighted by Gasteiger charge is -2.32. The number of rotatable bonds is 4. The number of anilines is 2. The number of nitrogens with one attached hydrogen (secondary N) is 1. The molecule has 5 nitrogen and oxygen atoms in total. The second-order valence-corrected chi connectivity index (χ2v) is 9.33. The Balaban J connectivity index is 1.60. The maximum Gasteiger partial charge on any atom is 0.261 e. The van der Waals surface area contributed by atoms with Gasteiger partial charge in [-0.05, 0) is 69.0 Å². The highest BCUT2D eigenvalue weighted by Crippen LogP contribution is 2.38. The predicted octanol–water partition coefficient (Wildman–Crippen LogP) is 3.87. The number of fused-ring (bicyclic) bond motifs is 1. The van der Waals surface area contributed by atoms with Gasteiger partial charge in [0.1, 0.15) is 0 Å². The molecule has 1 amide bonds. The van der Waals surface area contributed by atoms with E-state index in [4.69, 9.17) is 0 Å². The molecule has 0 bridgehead atoms. The predicted molar refractivity (Wildman–Crippen MR) is 106 cm³/mol. The number of benzene rings is 2. The van der Waals surface area contributed by atoms with E-state index < -0.39 is 10.0 Å². The van der Waals surface area contributed by atoms with E-state index in [0.717, 1.165) is 36.1 Å². The summed E-state index contributed by atoms with van der Waals surface area (Å²) in [5.41, 5.74) is 3.38. The molecule has 1 aliphatic heterocycles. The maximum absolute atomic E-state index is 12.8. The van der Waals surface area contributed by atoms with Crippen molar-refractivity contribution in [2.75, 3.05) is 9.62 Å². The van der Waals surface area contributed by atoms with Crippen molar-refractivity contribution in [1.82, 2.24) is 0 Å². The van der Waals surface area contributed by atoms with Crippen LogP contribution in [0.3, 0.4) is 0 Å². The van der Waals surface area contributed by atoms with Crippen LogP contribution >= 0.6 is 0 Å². The van der Waals surface area contributed by atoms with Crippen molar-refractivity contribution in [2.24, 2.45) is 5.92 Å². The van der Waals surface area contributed by atoms with Gasteiger partial charge in [-0.15, -0.1) is 0 Å². The molecule has 0 aromatic heterocycles. The van der Waals surface area contributed by atoms with Gasteiger partial charge < -0.3 is 4.90 Å². The van der Waals surface area contributed by atoms with Gasteiger partial charge in [0.15, 0.2) is 0 Å². The summed E-state index contributed by atoms with van der Waals surface area (Å²) < 4.78 is 28.1. The zero-order valence-corrected chi connectivity index (χ0v) is 16.4. The van der Waals surface area contributed by atoms with Gasteiger partial charge in [-0.1, -0.05) is 24.1 Å². The van der Waals surface area contributed by atoms with E-state index >= 15 is 0 Å². The molecule has 1 atom stereocenters. The van der Waals surface area contributed by atoms with Crippen molar-refractivity contribution in [3.05, 3.63) is 53.6 Å². The molecule has 1 unspecified atom stereocenters. The fourth-order valence-corrected chi connectivity index (χ4v) is 4.91. The Kier molecular flexibility index (Phi) is 4.46. The van der Waals surface area contributed by atoms with Gasteiger partial charge in [0.25, 0.3) is 10.0 Å². The molecule has 1 fully saturated rings. The van der Waals surface area contributed by atoms with Gasteiger partial charge in [-0.25, -0.2) is 8.42 Å². The molecule has 0 saturated heterocycles. The third-order valence-corrected chi connectivity index (χ3v) is 6.95. The summed E-state index contributed by atoms with van der Waals surface area (Å²) in [6.07, 6.45) is 3.73.